The van der Waals surface area contributed by atoms with Crippen molar-refractivity contribution in [1.29, 1.82) is 0 Å². The van der Waals surface area contributed by atoms with Gasteiger partial charge in [0.1, 0.15) is 0 Å². The van der Waals surface area contributed by atoms with Gasteiger partial charge in [0.2, 0.25) is 0 Å². The number of anilines is 6. The van der Waals surface area contributed by atoms with Crippen molar-refractivity contribution in [2.45, 2.75) is 0 Å². The zero-order valence-electron chi connectivity index (χ0n) is 41.0. The average molecular weight is 973 g/mol. The molecule has 3 heteroatoms. The van der Waals surface area contributed by atoms with Crippen LogP contribution in [-0.2, 0) is 0 Å². The molecule has 0 N–H and O–H groups in total. The molecule has 0 amide bonds. The lowest BCUT2D eigenvalue weighted by Crippen LogP contribution is -2.12. The van der Waals surface area contributed by atoms with Crippen LogP contribution in [0.3, 0.4) is 0 Å². The first kappa shape index (κ1) is 44.2. The average Bonchev–Trinajstić information content (AvgIpc) is 3.88. The molecule has 0 aliphatic heterocycles. The molecular formula is C72H48N2S. The Morgan fingerprint density at radius 1 is 0.227 bits per heavy atom. The van der Waals surface area contributed by atoms with Crippen molar-refractivity contribution in [2.75, 3.05) is 9.80 Å². The highest BCUT2D eigenvalue weighted by atomic mass is 32.1. The minimum atomic E-state index is 1.07. The van der Waals surface area contributed by atoms with E-state index in [1.807, 2.05) is 11.3 Å². The van der Waals surface area contributed by atoms with Crippen LogP contribution >= 0.6 is 11.3 Å². The summed E-state index contributed by atoms with van der Waals surface area (Å²) in [6, 6.07) is 107. The Hall–Kier alpha value is -9.54. The normalized spacial score (nSPS) is 11.5. The second-order valence-corrected chi connectivity index (χ2v) is 20.3. The van der Waals surface area contributed by atoms with Gasteiger partial charge in [0.25, 0.3) is 0 Å². The lowest BCUT2D eigenvalue weighted by molar-refractivity contribution is 1.28. The predicted octanol–water partition coefficient (Wildman–Crippen LogP) is 21.1. The third-order valence-electron chi connectivity index (χ3n) is 14.8. The maximum Gasteiger partial charge on any atom is 0.0540 e. The van der Waals surface area contributed by atoms with E-state index in [-0.39, 0.29) is 0 Å². The van der Waals surface area contributed by atoms with Crippen LogP contribution < -0.4 is 9.80 Å². The monoisotopic (exact) mass is 972 g/mol. The van der Waals surface area contributed by atoms with Gasteiger partial charge in [0.05, 0.1) is 11.4 Å². The van der Waals surface area contributed by atoms with Gasteiger partial charge in [-0.3, -0.25) is 0 Å². The number of benzene rings is 13. The molecule has 0 unspecified atom stereocenters. The van der Waals surface area contributed by atoms with Crippen LogP contribution in [0, 0.1) is 0 Å². The Bertz CT molecular complexity index is 4420. The first-order chi connectivity index (χ1) is 37.2. The van der Waals surface area contributed by atoms with Crippen LogP contribution in [0.25, 0.3) is 97.0 Å². The summed E-state index contributed by atoms with van der Waals surface area (Å²) in [4.78, 5) is 4.87. The molecule has 0 bridgehead atoms. The molecule has 2 nitrogen and oxygen atoms in total. The molecule has 0 saturated carbocycles. The van der Waals surface area contributed by atoms with Gasteiger partial charge in [-0.05, 0) is 127 Å². The molecule has 0 aliphatic rings. The van der Waals surface area contributed by atoms with E-state index in [1.54, 1.807) is 0 Å². The molecule has 75 heavy (non-hydrogen) atoms. The molecule has 0 saturated heterocycles. The van der Waals surface area contributed by atoms with Crippen molar-refractivity contribution in [2.24, 2.45) is 0 Å². The molecule has 352 valence electrons. The van der Waals surface area contributed by atoms with Crippen molar-refractivity contribution >= 4 is 98.0 Å². The number of nitrogens with zero attached hydrogens (tertiary/aromatic N) is 2. The largest absolute Gasteiger partial charge is 0.310 e. The van der Waals surface area contributed by atoms with Crippen LogP contribution in [0.2, 0.25) is 0 Å². The Balaban J connectivity index is 0.908. The van der Waals surface area contributed by atoms with Crippen molar-refractivity contribution in [1.82, 2.24) is 0 Å². The summed E-state index contributed by atoms with van der Waals surface area (Å²) in [6.45, 7) is 0. The van der Waals surface area contributed by atoms with E-state index >= 15 is 0 Å². The zero-order valence-corrected chi connectivity index (χ0v) is 41.8. The molecule has 0 aliphatic carbocycles. The smallest absolute Gasteiger partial charge is 0.0540 e. The van der Waals surface area contributed by atoms with Crippen molar-refractivity contribution < 1.29 is 0 Å². The van der Waals surface area contributed by atoms with E-state index < -0.39 is 0 Å². The third kappa shape index (κ3) is 8.08. The van der Waals surface area contributed by atoms with E-state index in [9.17, 15) is 0 Å². The number of hydrogen-bond acceptors (Lipinski definition) is 3. The number of fused-ring (bicyclic) bond motifs is 6. The molecule has 14 rings (SSSR count). The highest BCUT2D eigenvalue weighted by molar-refractivity contribution is 7.26. The van der Waals surface area contributed by atoms with Crippen LogP contribution in [0.4, 0.5) is 34.1 Å². The standard InChI is InChI=1S/C72H48N2S/c1-2-16-49(17-3-1)52-32-34-53(35-33-52)54-36-40-58(41-37-54)73(60-42-38-50-18-4-6-20-55(50)46-60)59-23-14-22-57(48-59)62-24-10-12-30-69(62)74(61-43-39-51-19-5-7-21-56(51)47-61)70-45-44-64(63-25-8-9-26-65(63)70)67-28-15-29-68-66-27-11-13-31-71(66)75-72(67)68/h1-48H. The van der Waals surface area contributed by atoms with Crippen molar-refractivity contribution in [3.8, 4) is 44.5 Å². The van der Waals surface area contributed by atoms with E-state index in [2.05, 4.69) is 301 Å². The number of rotatable bonds is 10. The van der Waals surface area contributed by atoms with E-state index in [1.165, 1.54) is 85.9 Å². The molecule has 0 spiro atoms. The first-order valence-electron chi connectivity index (χ1n) is 25.6. The molecule has 1 heterocycles. The van der Waals surface area contributed by atoms with Gasteiger partial charge in [-0.15, -0.1) is 11.3 Å². The summed E-state index contributed by atoms with van der Waals surface area (Å²) in [5.41, 5.74) is 16.1. The van der Waals surface area contributed by atoms with Gasteiger partial charge >= 0.3 is 0 Å². The van der Waals surface area contributed by atoms with Crippen LogP contribution in [0.1, 0.15) is 0 Å². The third-order valence-corrected chi connectivity index (χ3v) is 16.0. The summed E-state index contributed by atoms with van der Waals surface area (Å²) in [5, 5.41) is 9.82. The van der Waals surface area contributed by atoms with Gasteiger partial charge in [-0.25, -0.2) is 0 Å². The second kappa shape index (κ2) is 18.8. The second-order valence-electron chi connectivity index (χ2n) is 19.2. The molecular weight excluding hydrogens is 925 g/mol. The highest BCUT2D eigenvalue weighted by Gasteiger charge is 2.23. The number of thiophene rings is 1. The summed E-state index contributed by atoms with van der Waals surface area (Å²) in [5.74, 6) is 0. The van der Waals surface area contributed by atoms with Crippen LogP contribution in [-0.4, -0.2) is 0 Å². The fraction of sp³-hybridized carbons (Fsp3) is 0. The van der Waals surface area contributed by atoms with E-state index in [0.29, 0.717) is 0 Å². The zero-order chi connectivity index (χ0) is 49.7. The minimum Gasteiger partial charge on any atom is -0.310 e. The lowest BCUT2D eigenvalue weighted by atomic mass is 9.94. The number of hydrogen-bond donors (Lipinski definition) is 0. The van der Waals surface area contributed by atoms with Crippen LogP contribution in [0.5, 0.6) is 0 Å². The van der Waals surface area contributed by atoms with E-state index in [0.717, 1.165) is 45.3 Å². The van der Waals surface area contributed by atoms with Gasteiger partial charge in [0.15, 0.2) is 0 Å². The summed E-state index contributed by atoms with van der Waals surface area (Å²) in [6.07, 6.45) is 0. The van der Waals surface area contributed by atoms with Gasteiger partial charge in [-0.2, -0.15) is 0 Å². The molecule has 1 aromatic heterocycles. The van der Waals surface area contributed by atoms with Gasteiger partial charge in [-0.1, -0.05) is 224 Å². The van der Waals surface area contributed by atoms with Gasteiger partial charge in [0, 0.05) is 59.4 Å². The summed E-state index contributed by atoms with van der Waals surface area (Å²) < 4.78 is 2.62. The SMILES string of the molecule is c1ccc(-c2ccc(-c3ccc(N(c4cccc(-c5ccccc5N(c5ccc6ccccc6c5)c5ccc(-c6cccc7c6sc6ccccc67)c6ccccc56)c4)c4ccc5ccccc5c4)cc3)cc2)cc1. The fourth-order valence-electron chi connectivity index (χ4n) is 11.2. The van der Waals surface area contributed by atoms with E-state index in [4.69, 9.17) is 0 Å². The topological polar surface area (TPSA) is 6.48 Å². The first-order valence-corrected chi connectivity index (χ1v) is 26.5. The molecule has 0 radical (unpaired) electrons. The predicted molar refractivity (Wildman–Crippen MR) is 323 cm³/mol. The summed E-state index contributed by atoms with van der Waals surface area (Å²) >= 11 is 1.88. The van der Waals surface area contributed by atoms with Crippen LogP contribution in [0.15, 0.2) is 291 Å². The Kier molecular flexibility index (Phi) is 11.1. The Morgan fingerprint density at radius 2 is 0.720 bits per heavy atom. The Morgan fingerprint density at radius 3 is 1.44 bits per heavy atom. The number of para-hydroxylation sites is 1. The maximum atomic E-state index is 2.48. The fourth-order valence-corrected chi connectivity index (χ4v) is 12.4. The van der Waals surface area contributed by atoms with Gasteiger partial charge < -0.3 is 9.80 Å². The highest BCUT2D eigenvalue weighted by Crippen LogP contribution is 2.49. The summed E-state index contributed by atoms with van der Waals surface area (Å²) in [7, 11) is 0. The van der Waals surface area contributed by atoms with Crippen molar-refractivity contribution in [3.05, 3.63) is 291 Å². The molecule has 0 atom stereocenters. The Labute approximate surface area is 440 Å². The quantitative estimate of drug-likeness (QED) is 0.135. The molecule has 14 aromatic rings. The lowest BCUT2D eigenvalue weighted by Gasteiger charge is -2.30. The molecule has 0 fully saturated rings. The minimum absolute atomic E-state index is 1.07. The maximum absolute atomic E-state index is 2.48. The van der Waals surface area contributed by atoms with Crippen molar-refractivity contribution in [3.63, 3.8) is 0 Å². The molecule has 13 aromatic carbocycles.